The SMILES string of the molecule is CC(C)c1cc(C(C)C)c(B(c2ccc(-c3ccccc3)n2C(=O)OC(C)(C)C)c2ccc(-c3ccccc3)n2C(=O)OC(C)(C)C)c(C(C)C)c1. The first-order chi connectivity index (χ1) is 24.4. The number of ether oxygens (including phenoxy) is 2. The fraction of sp³-hybridized carbons (Fsp3) is 0.378. The topological polar surface area (TPSA) is 62.5 Å². The lowest BCUT2D eigenvalue weighted by Crippen LogP contribution is -2.60. The molecule has 0 aliphatic carbocycles. The van der Waals surface area contributed by atoms with Crippen LogP contribution in [0.1, 0.15) is 118 Å². The highest BCUT2D eigenvalue weighted by molar-refractivity contribution is 6.95. The second-order valence-corrected chi connectivity index (χ2v) is 16.7. The average molecular weight is 699 g/mol. The molecule has 0 radical (unpaired) electrons. The number of aromatic nitrogens is 2. The summed E-state index contributed by atoms with van der Waals surface area (Å²) in [4.78, 5) is 29.1. The van der Waals surface area contributed by atoms with Crippen molar-refractivity contribution < 1.29 is 19.1 Å². The van der Waals surface area contributed by atoms with Crippen molar-refractivity contribution in [1.82, 2.24) is 9.13 Å². The molecule has 2 aromatic heterocycles. The number of rotatable bonds is 8. The monoisotopic (exact) mass is 698 g/mol. The summed E-state index contributed by atoms with van der Waals surface area (Å²) in [6.07, 6.45) is -0.961. The van der Waals surface area contributed by atoms with Crippen LogP contribution in [0.25, 0.3) is 22.5 Å². The lowest BCUT2D eigenvalue weighted by atomic mass is 9.37. The predicted octanol–water partition coefficient (Wildman–Crippen LogP) is 10.1. The number of hydrogen-bond acceptors (Lipinski definition) is 4. The molecule has 7 heteroatoms. The third kappa shape index (κ3) is 8.30. The molecular weight excluding hydrogens is 643 g/mol. The van der Waals surface area contributed by atoms with Gasteiger partial charge < -0.3 is 9.47 Å². The van der Waals surface area contributed by atoms with E-state index in [0.717, 1.165) is 16.6 Å². The molecule has 52 heavy (non-hydrogen) atoms. The van der Waals surface area contributed by atoms with E-state index < -0.39 is 30.1 Å². The highest BCUT2D eigenvalue weighted by atomic mass is 16.6. The zero-order chi connectivity index (χ0) is 38.1. The van der Waals surface area contributed by atoms with Gasteiger partial charge in [0.15, 0.2) is 0 Å². The molecule has 0 saturated carbocycles. The maximum absolute atomic E-state index is 14.6. The van der Waals surface area contributed by atoms with Crippen LogP contribution in [-0.4, -0.2) is 39.2 Å². The van der Waals surface area contributed by atoms with Gasteiger partial charge >= 0.3 is 12.2 Å². The molecule has 0 fully saturated rings. The van der Waals surface area contributed by atoms with Gasteiger partial charge in [-0.05, 0) is 111 Å². The minimum atomic E-state index is -0.746. The van der Waals surface area contributed by atoms with Crippen LogP contribution in [0.15, 0.2) is 97.1 Å². The maximum atomic E-state index is 14.6. The van der Waals surface area contributed by atoms with Gasteiger partial charge in [-0.15, -0.1) is 0 Å². The number of carbonyl (C=O) groups excluding carboxylic acids is 2. The lowest BCUT2D eigenvalue weighted by molar-refractivity contribution is 0.0535. The van der Waals surface area contributed by atoms with Crippen LogP contribution < -0.4 is 16.6 Å². The van der Waals surface area contributed by atoms with Crippen molar-refractivity contribution in [3.05, 3.63) is 114 Å². The average Bonchev–Trinajstić information content (AvgIpc) is 3.70. The van der Waals surface area contributed by atoms with E-state index in [0.29, 0.717) is 28.5 Å². The molecule has 2 heterocycles. The second-order valence-electron chi connectivity index (χ2n) is 16.7. The standard InChI is InChI=1S/C45H55BN2O4/c1-29(2)34-27-35(30(3)4)41(36(28-34)31(5)6)46(39-25-23-37(32-19-15-13-16-20-32)47(39)42(49)51-44(7,8)9)40-26-24-38(33-21-17-14-18-22-33)48(40)43(50)52-45(10,11)12/h13-31H,1-12H3. The molecule has 3 aromatic carbocycles. The van der Waals surface area contributed by atoms with E-state index in [1.807, 2.05) is 126 Å². The number of carbonyl (C=O) groups is 2. The summed E-state index contributed by atoms with van der Waals surface area (Å²) in [6.45, 7) is 24.0. The summed E-state index contributed by atoms with van der Waals surface area (Å²) >= 11 is 0. The van der Waals surface area contributed by atoms with Gasteiger partial charge in [0.25, 0.3) is 6.71 Å². The van der Waals surface area contributed by atoms with Gasteiger partial charge in [-0.3, -0.25) is 9.13 Å². The number of hydrogen-bond donors (Lipinski definition) is 0. The van der Waals surface area contributed by atoms with Gasteiger partial charge in [0.2, 0.25) is 0 Å². The molecule has 5 aromatic rings. The zero-order valence-electron chi connectivity index (χ0n) is 33.1. The molecule has 0 saturated heterocycles. The Kier molecular flexibility index (Phi) is 11.1. The Labute approximate surface area is 311 Å². The van der Waals surface area contributed by atoms with Gasteiger partial charge in [0, 0.05) is 11.2 Å². The molecule has 5 rings (SSSR count). The van der Waals surface area contributed by atoms with E-state index in [9.17, 15) is 9.59 Å². The van der Waals surface area contributed by atoms with Gasteiger partial charge in [-0.2, -0.15) is 0 Å². The Morgan fingerprint density at radius 2 is 0.904 bits per heavy atom. The van der Waals surface area contributed by atoms with Gasteiger partial charge in [-0.1, -0.05) is 120 Å². The second kappa shape index (κ2) is 15.1. The molecule has 272 valence electrons. The van der Waals surface area contributed by atoms with Crippen LogP contribution in [0.3, 0.4) is 0 Å². The first-order valence-electron chi connectivity index (χ1n) is 18.6. The smallest absolute Gasteiger partial charge is 0.418 e. The molecule has 0 aliphatic rings. The van der Waals surface area contributed by atoms with Crippen LogP contribution >= 0.6 is 0 Å². The van der Waals surface area contributed by atoms with E-state index in [4.69, 9.17) is 9.47 Å². The van der Waals surface area contributed by atoms with E-state index in [2.05, 4.69) is 53.7 Å². The van der Waals surface area contributed by atoms with Crippen molar-refractivity contribution in [3.63, 3.8) is 0 Å². The Morgan fingerprint density at radius 1 is 0.538 bits per heavy atom. The van der Waals surface area contributed by atoms with Crippen molar-refractivity contribution in [2.24, 2.45) is 0 Å². The molecule has 0 atom stereocenters. The summed E-state index contributed by atoms with van der Waals surface area (Å²) in [7, 11) is 0. The highest BCUT2D eigenvalue weighted by Gasteiger charge is 2.39. The van der Waals surface area contributed by atoms with Crippen molar-refractivity contribution >= 4 is 35.5 Å². The minimum absolute atomic E-state index is 0.144. The van der Waals surface area contributed by atoms with E-state index >= 15 is 0 Å². The molecule has 0 spiro atoms. The highest BCUT2D eigenvalue weighted by Crippen LogP contribution is 2.29. The van der Waals surface area contributed by atoms with Crippen molar-refractivity contribution in [2.75, 3.05) is 0 Å². The van der Waals surface area contributed by atoms with E-state index in [-0.39, 0.29) is 11.8 Å². The van der Waals surface area contributed by atoms with Gasteiger partial charge in [-0.25, -0.2) is 9.59 Å². The van der Waals surface area contributed by atoms with Crippen LogP contribution in [0.4, 0.5) is 9.59 Å². The summed E-state index contributed by atoms with van der Waals surface area (Å²) < 4.78 is 15.7. The van der Waals surface area contributed by atoms with Crippen molar-refractivity contribution in [2.45, 2.75) is 112 Å². The third-order valence-electron chi connectivity index (χ3n) is 9.17. The fourth-order valence-electron chi connectivity index (χ4n) is 6.84. The lowest BCUT2D eigenvalue weighted by Gasteiger charge is -2.30. The normalized spacial score (nSPS) is 12.1. The quantitative estimate of drug-likeness (QED) is 0.151. The van der Waals surface area contributed by atoms with E-state index in [1.165, 1.54) is 16.7 Å². The fourth-order valence-corrected chi connectivity index (χ4v) is 6.84. The molecular formula is C45H55BN2O4. The Hall–Kier alpha value is -4.78. The Morgan fingerprint density at radius 3 is 1.21 bits per heavy atom. The first kappa shape index (κ1) is 38.5. The summed E-state index contributed by atoms with van der Waals surface area (Å²) in [5, 5.41) is 0. The maximum Gasteiger partial charge on any atom is 0.418 e. The molecule has 0 amide bonds. The van der Waals surface area contributed by atoms with Crippen molar-refractivity contribution in [1.29, 1.82) is 0 Å². The number of benzene rings is 3. The summed E-state index contributed by atoms with van der Waals surface area (Å²) in [5.41, 5.74) is 7.81. The largest absolute Gasteiger partial charge is 0.443 e. The van der Waals surface area contributed by atoms with Gasteiger partial charge in [0.1, 0.15) is 11.2 Å². The van der Waals surface area contributed by atoms with Gasteiger partial charge in [0.05, 0.1) is 11.4 Å². The van der Waals surface area contributed by atoms with Crippen LogP contribution in [0.5, 0.6) is 0 Å². The zero-order valence-corrected chi connectivity index (χ0v) is 33.1. The van der Waals surface area contributed by atoms with Crippen LogP contribution in [0, 0.1) is 0 Å². The predicted molar refractivity (Wildman–Crippen MR) is 216 cm³/mol. The Balaban J connectivity index is 1.98. The van der Waals surface area contributed by atoms with Crippen LogP contribution in [0.2, 0.25) is 0 Å². The minimum Gasteiger partial charge on any atom is -0.443 e. The summed E-state index contributed by atoms with van der Waals surface area (Å²) in [5.74, 6) is 0.602. The molecule has 0 bridgehead atoms. The Bertz CT molecular complexity index is 1880. The summed E-state index contributed by atoms with van der Waals surface area (Å²) in [6, 6.07) is 32.5. The van der Waals surface area contributed by atoms with Crippen molar-refractivity contribution in [3.8, 4) is 22.5 Å². The van der Waals surface area contributed by atoms with E-state index in [1.54, 1.807) is 9.13 Å². The third-order valence-corrected chi connectivity index (χ3v) is 9.17. The van der Waals surface area contributed by atoms with Crippen LogP contribution in [-0.2, 0) is 9.47 Å². The molecule has 6 nitrogen and oxygen atoms in total. The first-order valence-corrected chi connectivity index (χ1v) is 18.6. The molecule has 0 aliphatic heterocycles. The molecule has 0 N–H and O–H groups in total. The molecule has 0 unspecified atom stereocenters. The number of nitrogens with zero attached hydrogens (tertiary/aromatic N) is 2.